The molecule has 10 heteroatoms. The van der Waals surface area contributed by atoms with Crippen LogP contribution in [0.5, 0.6) is 0 Å². The molecular formula is C19H12F2N4O3S. The molecule has 0 radical (unpaired) electrons. The molecule has 29 heavy (non-hydrogen) atoms. The van der Waals surface area contributed by atoms with E-state index in [0.717, 1.165) is 22.8 Å². The van der Waals surface area contributed by atoms with Crippen molar-refractivity contribution in [2.75, 3.05) is 5.32 Å². The fraction of sp³-hybridized carbons (Fsp3) is 0.0526. The number of aryl methyl sites for hydroxylation is 1. The number of pyridine rings is 1. The van der Waals surface area contributed by atoms with Gasteiger partial charge in [-0.2, -0.15) is 0 Å². The van der Waals surface area contributed by atoms with Crippen molar-refractivity contribution in [3.63, 3.8) is 0 Å². The Kier molecular flexibility index (Phi) is 4.55. The molecule has 0 fully saturated rings. The van der Waals surface area contributed by atoms with Crippen molar-refractivity contribution in [3.8, 4) is 5.69 Å². The summed E-state index contributed by atoms with van der Waals surface area (Å²) in [5.74, 6) is -2.41. The zero-order valence-electron chi connectivity index (χ0n) is 14.8. The number of rotatable bonds is 3. The maximum Gasteiger partial charge on any atom is 0.282 e. The van der Waals surface area contributed by atoms with Gasteiger partial charge in [0.1, 0.15) is 22.9 Å². The zero-order chi connectivity index (χ0) is 20.7. The third-order valence-electron chi connectivity index (χ3n) is 4.29. The second kappa shape index (κ2) is 7.06. The van der Waals surface area contributed by atoms with Gasteiger partial charge < -0.3 is 5.32 Å². The molecule has 1 N–H and O–H groups in total. The third-order valence-corrected chi connectivity index (χ3v) is 5.06. The fourth-order valence-electron chi connectivity index (χ4n) is 2.86. The lowest BCUT2D eigenvalue weighted by Gasteiger charge is -2.12. The quantitative estimate of drug-likeness (QED) is 0.559. The van der Waals surface area contributed by atoms with Gasteiger partial charge in [0.05, 0.1) is 11.9 Å². The number of fused-ring (bicyclic) bond motifs is 1. The van der Waals surface area contributed by atoms with Crippen molar-refractivity contribution in [2.24, 2.45) is 0 Å². The summed E-state index contributed by atoms with van der Waals surface area (Å²) in [4.78, 5) is 42.6. The van der Waals surface area contributed by atoms with E-state index in [1.54, 1.807) is 5.38 Å². The van der Waals surface area contributed by atoms with Gasteiger partial charge in [-0.05, 0) is 30.7 Å². The average molecular weight is 414 g/mol. The van der Waals surface area contributed by atoms with Crippen LogP contribution in [-0.2, 0) is 0 Å². The minimum atomic E-state index is -0.854. The average Bonchev–Trinajstić information content (AvgIpc) is 3.16. The molecule has 4 aromatic rings. The van der Waals surface area contributed by atoms with Crippen LogP contribution >= 0.6 is 11.3 Å². The van der Waals surface area contributed by atoms with Crippen LogP contribution in [0.15, 0.2) is 57.8 Å². The van der Waals surface area contributed by atoms with E-state index in [0.29, 0.717) is 10.5 Å². The Morgan fingerprint density at radius 3 is 2.72 bits per heavy atom. The smallest absolute Gasteiger partial charge is 0.282 e. The number of benzene rings is 1. The highest BCUT2D eigenvalue weighted by Crippen LogP contribution is 2.15. The van der Waals surface area contributed by atoms with Gasteiger partial charge in [-0.25, -0.2) is 13.8 Å². The molecule has 0 atom stereocenters. The first kappa shape index (κ1) is 18.7. The standard InChI is InChI=1S/C19H12F2N4O3S/c1-10-4-5-24(14-8-11(20)2-3-12(14)21)18(28)15(10)16(26)23-13-9-22-19-25(17(13)27)6-7-29-19/h2-9H,1H3,(H,23,26). The highest BCUT2D eigenvalue weighted by molar-refractivity contribution is 7.15. The number of nitrogens with zero attached hydrogens (tertiary/aromatic N) is 3. The maximum atomic E-state index is 14.1. The van der Waals surface area contributed by atoms with Gasteiger partial charge >= 0.3 is 0 Å². The highest BCUT2D eigenvalue weighted by atomic mass is 32.1. The summed E-state index contributed by atoms with van der Waals surface area (Å²) in [6.45, 7) is 1.52. The number of hydrogen-bond acceptors (Lipinski definition) is 5. The molecule has 1 amide bonds. The van der Waals surface area contributed by atoms with Gasteiger partial charge in [-0.1, -0.05) is 0 Å². The molecule has 3 aromatic heterocycles. The van der Waals surface area contributed by atoms with Gasteiger partial charge in [0.15, 0.2) is 4.96 Å². The molecular weight excluding hydrogens is 402 g/mol. The third kappa shape index (κ3) is 3.23. The minimum Gasteiger partial charge on any atom is -0.316 e. The predicted octanol–water partition coefficient (Wildman–Crippen LogP) is 2.75. The fourth-order valence-corrected chi connectivity index (χ4v) is 3.53. The molecule has 1 aromatic carbocycles. The molecule has 0 spiro atoms. The van der Waals surface area contributed by atoms with Crippen molar-refractivity contribution in [1.82, 2.24) is 14.0 Å². The normalized spacial score (nSPS) is 11.0. The Morgan fingerprint density at radius 1 is 1.14 bits per heavy atom. The second-order valence-corrected chi connectivity index (χ2v) is 7.00. The summed E-state index contributed by atoms with van der Waals surface area (Å²) in [6, 6.07) is 4.09. The summed E-state index contributed by atoms with van der Waals surface area (Å²) >= 11 is 1.25. The first-order valence-electron chi connectivity index (χ1n) is 8.30. The lowest BCUT2D eigenvalue weighted by atomic mass is 10.1. The van der Waals surface area contributed by atoms with E-state index < -0.39 is 28.7 Å². The number of nitrogens with one attached hydrogen (secondary N) is 1. The molecule has 0 bridgehead atoms. The zero-order valence-corrected chi connectivity index (χ0v) is 15.7. The Balaban J connectivity index is 1.79. The Labute approximate surface area is 165 Å². The van der Waals surface area contributed by atoms with Crippen LogP contribution in [0.4, 0.5) is 14.5 Å². The van der Waals surface area contributed by atoms with Gasteiger partial charge in [-0.3, -0.25) is 23.4 Å². The van der Waals surface area contributed by atoms with Crippen LogP contribution in [0.1, 0.15) is 15.9 Å². The SMILES string of the molecule is Cc1ccn(-c2cc(F)ccc2F)c(=O)c1C(=O)Nc1cnc2sccn2c1=O. The van der Waals surface area contributed by atoms with Crippen LogP contribution in [0, 0.1) is 18.6 Å². The van der Waals surface area contributed by atoms with Crippen LogP contribution < -0.4 is 16.4 Å². The molecule has 146 valence electrons. The lowest BCUT2D eigenvalue weighted by molar-refractivity contribution is 0.102. The van der Waals surface area contributed by atoms with Crippen molar-refractivity contribution < 1.29 is 13.6 Å². The van der Waals surface area contributed by atoms with Crippen LogP contribution in [0.2, 0.25) is 0 Å². The van der Waals surface area contributed by atoms with Gasteiger partial charge in [-0.15, -0.1) is 11.3 Å². The van der Waals surface area contributed by atoms with Crippen LogP contribution in [0.3, 0.4) is 0 Å². The Bertz CT molecular complexity index is 1390. The summed E-state index contributed by atoms with van der Waals surface area (Å²) in [5, 5.41) is 4.05. The summed E-state index contributed by atoms with van der Waals surface area (Å²) in [6.07, 6.45) is 3.97. The van der Waals surface area contributed by atoms with E-state index in [9.17, 15) is 23.2 Å². The second-order valence-electron chi connectivity index (χ2n) is 6.13. The molecule has 0 aliphatic carbocycles. The van der Waals surface area contributed by atoms with Crippen molar-refractivity contribution in [3.05, 3.63) is 91.7 Å². The largest absolute Gasteiger partial charge is 0.316 e. The molecule has 0 saturated heterocycles. The number of halogens is 2. The number of thiazole rings is 1. The summed E-state index contributed by atoms with van der Waals surface area (Å²) < 4.78 is 29.7. The first-order chi connectivity index (χ1) is 13.9. The molecule has 0 aliphatic rings. The number of carbonyl (C=O) groups is 1. The van der Waals surface area contributed by atoms with Crippen LogP contribution in [-0.4, -0.2) is 19.9 Å². The van der Waals surface area contributed by atoms with E-state index >= 15 is 0 Å². The monoisotopic (exact) mass is 414 g/mol. The van der Waals surface area contributed by atoms with Gasteiger partial charge in [0, 0.05) is 23.8 Å². The predicted molar refractivity (Wildman–Crippen MR) is 104 cm³/mol. The number of aromatic nitrogens is 3. The van der Waals surface area contributed by atoms with E-state index in [4.69, 9.17) is 0 Å². The summed E-state index contributed by atoms with van der Waals surface area (Å²) in [7, 11) is 0. The van der Waals surface area contributed by atoms with E-state index in [2.05, 4.69) is 10.3 Å². The Hall–Kier alpha value is -3.66. The number of hydrogen-bond donors (Lipinski definition) is 1. The van der Waals surface area contributed by atoms with E-state index in [1.807, 2.05) is 0 Å². The topological polar surface area (TPSA) is 85.5 Å². The van der Waals surface area contributed by atoms with Crippen molar-refractivity contribution in [2.45, 2.75) is 6.92 Å². The summed E-state index contributed by atoms with van der Waals surface area (Å²) in [5.41, 5.74) is -1.79. The Morgan fingerprint density at radius 2 is 1.93 bits per heavy atom. The molecule has 0 aliphatic heterocycles. The molecule has 4 rings (SSSR count). The van der Waals surface area contributed by atoms with Crippen LogP contribution in [0.25, 0.3) is 10.6 Å². The molecule has 0 saturated carbocycles. The number of carbonyl (C=O) groups excluding carboxylic acids is 1. The van der Waals surface area contributed by atoms with Gasteiger partial charge in [0.25, 0.3) is 17.0 Å². The number of amides is 1. The highest BCUT2D eigenvalue weighted by Gasteiger charge is 2.20. The molecule has 0 unspecified atom stereocenters. The number of anilines is 1. The molecule has 3 heterocycles. The van der Waals surface area contributed by atoms with E-state index in [1.165, 1.54) is 47.3 Å². The van der Waals surface area contributed by atoms with Gasteiger partial charge in [0.2, 0.25) is 0 Å². The maximum absolute atomic E-state index is 14.1. The molecule has 7 nitrogen and oxygen atoms in total. The lowest BCUT2D eigenvalue weighted by Crippen LogP contribution is -2.31. The van der Waals surface area contributed by atoms with E-state index in [-0.39, 0.29) is 16.9 Å². The van der Waals surface area contributed by atoms with Crippen molar-refractivity contribution in [1.29, 1.82) is 0 Å². The minimum absolute atomic E-state index is 0.114. The van der Waals surface area contributed by atoms with Crippen molar-refractivity contribution >= 4 is 27.9 Å². The first-order valence-corrected chi connectivity index (χ1v) is 9.18.